The minimum Gasteiger partial charge on any atom is -0.378 e. The smallest absolute Gasteiger partial charge is 0.268 e. The lowest BCUT2D eigenvalue weighted by molar-refractivity contribution is -0.139. The molecule has 5 heterocycles. The molecule has 1 saturated heterocycles. The quantitative estimate of drug-likeness (QED) is 0.388. The van der Waals surface area contributed by atoms with Crippen molar-refractivity contribution in [3.63, 3.8) is 0 Å². The molecule has 0 bridgehead atoms. The average molecular weight is 536 g/mol. The predicted molar refractivity (Wildman–Crippen MR) is 146 cm³/mol. The Hall–Kier alpha value is -3.08. The van der Waals surface area contributed by atoms with E-state index in [-0.39, 0.29) is 23.5 Å². The van der Waals surface area contributed by atoms with Gasteiger partial charge in [-0.05, 0) is 36.1 Å². The van der Waals surface area contributed by atoms with E-state index in [9.17, 15) is 9.59 Å². The molecule has 2 atom stereocenters. The van der Waals surface area contributed by atoms with Crippen molar-refractivity contribution in [2.75, 3.05) is 26.3 Å². The van der Waals surface area contributed by atoms with Gasteiger partial charge in [-0.15, -0.1) is 21.5 Å². The highest BCUT2D eigenvalue weighted by molar-refractivity contribution is 7.18. The molecule has 1 aromatic carbocycles. The van der Waals surface area contributed by atoms with Crippen molar-refractivity contribution < 1.29 is 14.3 Å². The van der Waals surface area contributed by atoms with Gasteiger partial charge in [-0.25, -0.2) is 4.57 Å². The van der Waals surface area contributed by atoms with Crippen molar-refractivity contribution in [3.8, 4) is 5.69 Å². The second kappa shape index (κ2) is 9.91. The number of aromatic nitrogens is 4. The number of morpholine rings is 1. The number of hydrogen-bond donors (Lipinski definition) is 0. The Balaban J connectivity index is 1.53. The molecule has 2 aliphatic heterocycles. The minimum absolute atomic E-state index is 0.0642. The number of benzene rings is 1. The van der Waals surface area contributed by atoms with Crippen LogP contribution >= 0.6 is 11.3 Å². The maximum atomic E-state index is 14.2. The standard InChI is InChI=1S/C28H33N5O4S/c1-16(2)21-14-20-22(15-37-21)38-27-24(20)26(35)32(19-7-5-6-17(3)12-19)28-30-29-23(33(27)28)13-18(4)25(34)31-8-10-36-11-9-31/h5-7,12,16,18,21H,8-11,13-15H2,1-4H3. The molecule has 0 N–H and O–H groups in total. The minimum atomic E-state index is -0.280. The molecular weight excluding hydrogens is 502 g/mol. The third kappa shape index (κ3) is 4.24. The number of carbonyl (C=O) groups is 1. The van der Waals surface area contributed by atoms with Crippen molar-refractivity contribution in [1.29, 1.82) is 0 Å². The van der Waals surface area contributed by atoms with Crippen LogP contribution in [0.3, 0.4) is 0 Å². The fourth-order valence-corrected chi connectivity index (χ4v) is 6.79. The van der Waals surface area contributed by atoms with Crippen LogP contribution in [0.2, 0.25) is 0 Å². The van der Waals surface area contributed by atoms with Crippen LogP contribution in [0.5, 0.6) is 0 Å². The van der Waals surface area contributed by atoms with Crippen LogP contribution in [0, 0.1) is 18.8 Å². The topological polar surface area (TPSA) is 91.0 Å². The van der Waals surface area contributed by atoms with Crippen molar-refractivity contribution in [2.24, 2.45) is 11.8 Å². The zero-order valence-electron chi connectivity index (χ0n) is 22.3. The average Bonchev–Trinajstić information content (AvgIpc) is 3.50. The summed E-state index contributed by atoms with van der Waals surface area (Å²) >= 11 is 1.58. The summed E-state index contributed by atoms with van der Waals surface area (Å²) in [6.07, 6.45) is 1.19. The number of fused-ring (bicyclic) bond motifs is 5. The number of nitrogens with zero attached hydrogens (tertiary/aromatic N) is 5. The molecule has 6 rings (SSSR count). The normalized spacial score (nSPS) is 18.9. The maximum absolute atomic E-state index is 14.2. The molecule has 3 aromatic heterocycles. The third-order valence-electron chi connectivity index (χ3n) is 7.68. The second-order valence-electron chi connectivity index (χ2n) is 10.8. The summed E-state index contributed by atoms with van der Waals surface area (Å²) < 4.78 is 15.2. The van der Waals surface area contributed by atoms with E-state index in [1.54, 1.807) is 15.9 Å². The summed E-state index contributed by atoms with van der Waals surface area (Å²) in [5.41, 5.74) is 2.79. The second-order valence-corrected chi connectivity index (χ2v) is 11.8. The maximum Gasteiger partial charge on any atom is 0.268 e. The molecule has 0 saturated carbocycles. The number of amides is 1. The summed E-state index contributed by atoms with van der Waals surface area (Å²) in [7, 11) is 0. The molecule has 0 aliphatic carbocycles. The Morgan fingerprint density at radius 2 is 1.97 bits per heavy atom. The largest absolute Gasteiger partial charge is 0.378 e. The van der Waals surface area contributed by atoms with Gasteiger partial charge in [0.1, 0.15) is 10.7 Å². The molecule has 1 amide bonds. The molecular formula is C28H33N5O4S. The molecule has 0 spiro atoms. The van der Waals surface area contributed by atoms with Crippen LogP contribution in [0.25, 0.3) is 21.7 Å². The summed E-state index contributed by atoms with van der Waals surface area (Å²) in [6, 6.07) is 7.88. The molecule has 0 radical (unpaired) electrons. The summed E-state index contributed by atoms with van der Waals surface area (Å²) in [5, 5.41) is 9.77. The number of carbonyl (C=O) groups excluding carboxylic acids is 1. The van der Waals surface area contributed by atoms with Crippen molar-refractivity contribution >= 4 is 33.2 Å². The molecule has 2 unspecified atom stereocenters. The van der Waals surface area contributed by atoms with Gasteiger partial charge in [0, 0.05) is 36.7 Å². The monoisotopic (exact) mass is 535 g/mol. The highest BCUT2D eigenvalue weighted by Gasteiger charge is 2.31. The van der Waals surface area contributed by atoms with Crippen LogP contribution in [-0.2, 0) is 33.7 Å². The van der Waals surface area contributed by atoms with E-state index in [1.807, 2.05) is 47.4 Å². The van der Waals surface area contributed by atoms with Gasteiger partial charge in [0.2, 0.25) is 11.7 Å². The Morgan fingerprint density at radius 3 is 2.71 bits per heavy atom. The SMILES string of the molecule is Cc1cccc(-n2c(=O)c3c4c(sc3n3c(CC(C)C(=O)N5CCOCC5)nnc23)COC(C(C)C)C4)c1. The zero-order valence-corrected chi connectivity index (χ0v) is 23.1. The van der Waals surface area contributed by atoms with E-state index in [0.717, 1.165) is 26.5 Å². The van der Waals surface area contributed by atoms with E-state index in [0.29, 0.717) is 68.7 Å². The first kappa shape index (κ1) is 25.2. The fourth-order valence-electron chi connectivity index (χ4n) is 5.53. The lowest BCUT2D eigenvalue weighted by Gasteiger charge is -2.29. The zero-order chi connectivity index (χ0) is 26.6. The van der Waals surface area contributed by atoms with Crippen molar-refractivity contribution in [1.82, 2.24) is 24.1 Å². The van der Waals surface area contributed by atoms with Crippen LogP contribution in [-0.4, -0.2) is 62.4 Å². The Kier molecular flexibility index (Phi) is 6.57. The van der Waals surface area contributed by atoms with E-state index in [2.05, 4.69) is 24.0 Å². The number of aryl methyl sites for hydroxylation is 1. The molecule has 9 nitrogen and oxygen atoms in total. The molecule has 4 aromatic rings. The van der Waals surface area contributed by atoms with Crippen LogP contribution in [0.15, 0.2) is 29.1 Å². The molecule has 2 aliphatic rings. The van der Waals surface area contributed by atoms with E-state index >= 15 is 0 Å². The summed E-state index contributed by atoms with van der Waals surface area (Å²) in [5.74, 6) is 1.30. The van der Waals surface area contributed by atoms with E-state index in [1.165, 1.54) is 0 Å². The van der Waals surface area contributed by atoms with Crippen LogP contribution < -0.4 is 5.56 Å². The van der Waals surface area contributed by atoms with Crippen LogP contribution in [0.4, 0.5) is 0 Å². The summed E-state index contributed by atoms with van der Waals surface area (Å²) in [4.78, 5) is 31.2. The lowest BCUT2D eigenvalue weighted by Crippen LogP contribution is -2.43. The predicted octanol–water partition coefficient (Wildman–Crippen LogP) is 3.54. The van der Waals surface area contributed by atoms with E-state index in [4.69, 9.17) is 9.47 Å². The van der Waals surface area contributed by atoms with Gasteiger partial charge in [-0.2, -0.15) is 0 Å². The molecule has 10 heteroatoms. The first-order valence-electron chi connectivity index (χ1n) is 13.3. The van der Waals surface area contributed by atoms with Crippen molar-refractivity contribution in [3.05, 3.63) is 56.4 Å². The van der Waals surface area contributed by atoms with Gasteiger partial charge < -0.3 is 14.4 Å². The van der Waals surface area contributed by atoms with Gasteiger partial charge >= 0.3 is 0 Å². The number of hydrogen-bond acceptors (Lipinski definition) is 7. The summed E-state index contributed by atoms with van der Waals surface area (Å²) in [6.45, 7) is 11.1. The Morgan fingerprint density at radius 1 is 1.18 bits per heavy atom. The van der Waals surface area contributed by atoms with Gasteiger partial charge in [0.15, 0.2) is 0 Å². The lowest BCUT2D eigenvalue weighted by atomic mass is 9.96. The van der Waals surface area contributed by atoms with Crippen LogP contribution in [0.1, 0.15) is 42.6 Å². The molecule has 38 heavy (non-hydrogen) atoms. The highest BCUT2D eigenvalue weighted by Crippen LogP contribution is 2.37. The Bertz CT molecular complexity index is 1580. The first-order chi connectivity index (χ1) is 18.3. The number of thiophene rings is 1. The first-order valence-corrected chi connectivity index (χ1v) is 14.1. The number of ether oxygens (including phenoxy) is 2. The van der Waals surface area contributed by atoms with Gasteiger partial charge in [0.05, 0.1) is 37.0 Å². The number of rotatable bonds is 5. The fraction of sp³-hybridized carbons (Fsp3) is 0.500. The highest BCUT2D eigenvalue weighted by atomic mass is 32.1. The van der Waals surface area contributed by atoms with E-state index < -0.39 is 0 Å². The van der Waals surface area contributed by atoms with Crippen molar-refractivity contribution in [2.45, 2.75) is 53.2 Å². The van der Waals surface area contributed by atoms with Gasteiger partial charge in [0.25, 0.3) is 5.56 Å². The molecule has 200 valence electrons. The molecule has 1 fully saturated rings. The van der Waals surface area contributed by atoms with Gasteiger partial charge in [-0.1, -0.05) is 32.9 Å². The third-order valence-corrected chi connectivity index (χ3v) is 8.87. The van der Waals surface area contributed by atoms with Gasteiger partial charge in [-0.3, -0.25) is 14.0 Å². The Labute approximate surface area is 225 Å².